The molecule has 0 bridgehead atoms. The molecule has 1 aliphatic carbocycles. The number of pyridine rings is 1. The lowest BCUT2D eigenvalue weighted by Gasteiger charge is -2.36. The Bertz CT molecular complexity index is 1110. The van der Waals surface area contributed by atoms with Crippen molar-refractivity contribution < 1.29 is 9.18 Å². The lowest BCUT2D eigenvalue weighted by atomic mass is 10.1. The van der Waals surface area contributed by atoms with Gasteiger partial charge in [0, 0.05) is 55.4 Å². The standard InChI is InChI=1S/C24H25FN6O/c25-19-5-1-2-6-21(19)27-22(32)16-30-12-14-31(15-13-30)24-18-4-3-7-20(18)28-23(29-24)17-8-10-26-11-9-17/h1-2,5-6,8-11H,3-4,7,12-16H2,(H,27,32). The average molecular weight is 433 g/mol. The number of aromatic nitrogens is 3. The molecule has 5 rings (SSSR count). The maximum absolute atomic E-state index is 13.8. The second-order valence-corrected chi connectivity index (χ2v) is 8.18. The fourth-order valence-electron chi connectivity index (χ4n) is 4.38. The lowest BCUT2D eigenvalue weighted by molar-refractivity contribution is -0.117. The highest BCUT2D eigenvalue weighted by atomic mass is 19.1. The molecule has 0 radical (unpaired) electrons. The van der Waals surface area contributed by atoms with Gasteiger partial charge in [-0.2, -0.15) is 0 Å². The van der Waals surface area contributed by atoms with Crippen LogP contribution in [0.1, 0.15) is 17.7 Å². The van der Waals surface area contributed by atoms with Crippen LogP contribution in [-0.2, 0) is 17.6 Å². The van der Waals surface area contributed by atoms with Gasteiger partial charge in [0.15, 0.2) is 5.82 Å². The summed E-state index contributed by atoms with van der Waals surface area (Å²) >= 11 is 0. The topological polar surface area (TPSA) is 74.2 Å². The molecule has 1 aliphatic heterocycles. The number of aryl methyl sites for hydroxylation is 1. The molecule has 1 saturated heterocycles. The van der Waals surface area contributed by atoms with E-state index in [9.17, 15) is 9.18 Å². The number of carbonyl (C=O) groups is 1. The summed E-state index contributed by atoms with van der Waals surface area (Å²) < 4.78 is 13.8. The van der Waals surface area contributed by atoms with Crippen LogP contribution in [0.3, 0.4) is 0 Å². The third kappa shape index (κ3) is 4.31. The molecule has 32 heavy (non-hydrogen) atoms. The van der Waals surface area contributed by atoms with E-state index in [0.29, 0.717) is 0 Å². The van der Waals surface area contributed by atoms with Crippen LogP contribution in [0.4, 0.5) is 15.9 Å². The molecule has 3 aromatic rings. The number of amides is 1. The Kier molecular flexibility index (Phi) is 5.77. The van der Waals surface area contributed by atoms with Crippen molar-refractivity contribution in [1.29, 1.82) is 0 Å². The zero-order valence-corrected chi connectivity index (χ0v) is 17.8. The summed E-state index contributed by atoms with van der Waals surface area (Å²) in [7, 11) is 0. The third-order valence-electron chi connectivity index (χ3n) is 6.04. The highest BCUT2D eigenvalue weighted by Crippen LogP contribution is 2.31. The highest BCUT2D eigenvalue weighted by molar-refractivity contribution is 5.92. The summed E-state index contributed by atoms with van der Waals surface area (Å²) in [6.45, 7) is 3.30. The quantitative estimate of drug-likeness (QED) is 0.668. The second kappa shape index (κ2) is 9.00. The monoisotopic (exact) mass is 432 g/mol. The van der Waals surface area contributed by atoms with E-state index in [0.717, 1.165) is 68.3 Å². The van der Waals surface area contributed by atoms with Crippen LogP contribution >= 0.6 is 0 Å². The Morgan fingerprint density at radius 1 is 1.00 bits per heavy atom. The maximum atomic E-state index is 13.8. The zero-order valence-electron chi connectivity index (χ0n) is 17.8. The van der Waals surface area contributed by atoms with Gasteiger partial charge in [0.1, 0.15) is 11.6 Å². The number of para-hydroxylation sites is 1. The van der Waals surface area contributed by atoms with Gasteiger partial charge in [-0.1, -0.05) is 12.1 Å². The number of carbonyl (C=O) groups excluding carboxylic acids is 1. The summed E-state index contributed by atoms with van der Waals surface area (Å²) in [5, 5.41) is 2.67. The van der Waals surface area contributed by atoms with E-state index in [1.807, 2.05) is 12.1 Å². The van der Waals surface area contributed by atoms with E-state index in [2.05, 4.69) is 20.1 Å². The van der Waals surface area contributed by atoms with Crippen molar-refractivity contribution in [1.82, 2.24) is 19.9 Å². The van der Waals surface area contributed by atoms with Gasteiger partial charge < -0.3 is 10.2 Å². The van der Waals surface area contributed by atoms with Crippen LogP contribution in [0.5, 0.6) is 0 Å². The SMILES string of the molecule is O=C(CN1CCN(c2nc(-c3ccncc3)nc3c2CCC3)CC1)Nc1ccccc1F. The number of hydrogen-bond donors (Lipinski definition) is 1. The van der Waals surface area contributed by atoms with Gasteiger partial charge in [0.05, 0.1) is 12.2 Å². The maximum Gasteiger partial charge on any atom is 0.238 e. The van der Waals surface area contributed by atoms with Crippen molar-refractivity contribution in [2.45, 2.75) is 19.3 Å². The summed E-state index contributed by atoms with van der Waals surface area (Å²) in [5.74, 6) is 1.14. The Balaban J connectivity index is 1.26. The number of benzene rings is 1. The number of anilines is 2. The van der Waals surface area contributed by atoms with Gasteiger partial charge >= 0.3 is 0 Å². The first kappa shape index (κ1) is 20.5. The minimum atomic E-state index is -0.423. The molecule has 164 valence electrons. The van der Waals surface area contributed by atoms with Crippen LogP contribution in [0.25, 0.3) is 11.4 Å². The Morgan fingerprint density at radius 3 is 2.56 bits per heavy atom. The average Bonchev–Trinajstić information content (AvgIpc) is 3.30. The van der Waals surface area contributed by atoms with E-state index in [4.69, 9.17) is 9.97 Å². The number of piperazine rings is 1. The molecular formula is C24H25FN6O. The molecule has 8 heteroatoms. The summed E-state index contributed by atoms with van der Waals surface area (Å²) in [6.07, 6.45) is 6.62. The molecule has 2 aliphatic rings. The Labute approximate surface area is 186 Å². The molecule has 1 amide bonds. The van der Waals surface area contributed by atoms with Gasteiger partial charge in [-0.25, -0.2) is 14.4 Å². The van der Waals surface area contributed by atoms with Crippen LogP contribution in [0.15, 0.2) is 48.8 Å². The minimum Gasteiger partial charge on any atom is -0.354 e. The molecule has 7 nitrogen and oxygen atoms in total. The van der Waals surface area contributed by atoms with Crippen molar-refractivity contribution in [2.75, 3.05) is 42.9 Å². The Hall–Kier alpha value is -3.39. The fraction of sp³-hybridized carbons (Fsp3) is 0.333. The molecule has 3 heterocycles. The molecular weight excluding hydrogens is 407 g/mol. The summed E-state index contributed by atoms with van der Waals surface area (Å²) in [4.78, 5) is 30.6. The predicted octanol–water partition coefficient (Wildman–Crippen LogP) is 2.93. The third-order valence-corrected chi connectivity index (χ3v) is 6.04. The minimum absolute atomic E-state index is 0.202. The highest BCUT2D eigenvalue weighted by Gasteiger charge is 2.26. The predicted molar refractivity (Wildman–Crippen MR) is 121 cm³/mol. The van der Waals surface area contributed by atoms with E-state index < -0.39 is 5.82 Å². The number of nitrogens with one attached hydrogen (secondary N) is 1. The fourth-order valence-corrected chi connectivity index (χ4v) is 4.38. The first-order valence-corrected chi connectivity index (χ1v) is 11.0. The Morgan fingerprint density at radius 2 is 1.78 bits per heavy atom. The number of fused-ring (bicyclic) bond motifs is 1. The number of hydrogen-bond acceptors (Lipinski definition) is 6. The molecule has 0 saturated carbocycles. The van der Waals surface area contributed by atoms with Gasteiger partial charge in [-0.3, -0.25) is 14.7 Å². The normalized spacial score (nSPS) is 16.1. The zero-order chi connectivity index (χ0) is 21.9. The van der Waals surface area contributed by atoms with Crippen molar-refractivity contribution in [3.8, 4) is 11.4 Å². The van der Waals surface area contributed by atoms with E-state index in [1.165, 1.54) is 11.6 Å². The van der Waals surface area contributed by atoms with Crippen molar-refractivity contribution >= 4 is 17.4 Å². The number of rotatable bonds is 5. The number of nitrogens with zero attached hydrogens (tertiary/aromatic N) is 5. The molecule has 1 fully saturated rings. The molecule has 0 unspecified atom stereocenters. The van der Waals surface area contributed by atoms with Crippen LogP contribution in [-0.4, -0.2) is 58.5 Å². The summed E-state index contributed by atoms with van der Waals surface area (Å²) in [6, 6.07) is 10.1. The van der Waals surface area contributed by atoms with Crippen molar-refractivity contribution in [3.63, 3.8) is 0 Å². The first-order valence-electron chi connectivity index (χ1n) is 11.0. The molecule has 2 aromatic heterocycles. The van der Waals surface area contributed by atoms with E-state index in [1.54, 1.807) is 30.6 Å². The molecule has 1 aromatic carbocycles. The lowest BCUT2D eigenvalue weighted by Crippen LogP contribution is -2.49. The van der Waals surface area contributed by atoms with Gasteiger partial charge in [-0.05, 0) is 43.5 Å². The van der Waals surface area contributed by atoms with Gasteiger partial charge in [0.25, 0.3) is 0 Å². The van der Waals surface area contributed by atoms with E-state index in [-0.39, 0.29) is 18.1 Å². The van der Waals surface area contributed by atoms with Crippen LogP contribution in [0.2, 0.25) is 0 Å². The molecule has 0 atom stereocenters. The van der Waals surface area contributed by atoms with Crippen molar-refractivity contribution in [2.24, 2.45) is 0 Å². The van der Waals surface area contributed by atoms with E-state index >= 15 is 0 Å². The van der Waals surface area contributed by atoms with Crippen LogP contribution in [0, 0.1) is 5.82 Å². The largest absolute Gasteiger partial charge is 0.354 e. The van der Waals surface area contributed by atoms with Crippen LogP contribution < -0.4 is 10.2 Å². The smallest absolute Gasteiger partial charge is 0.238 e. The molecule has 0 spiro atoms. The number of halogens is 1. The van der Waals surface area contributed by atoms with Gasteiger partial charge in [0.2, 0.25) is 5.91 Å². The second-order valence-electron chi connectivity index (χ2n) is 8.18. The first-order chi connectivity index (χ1) is 15.7. The van der Waals surface area contributed by atoms with Gasteiger partial charge in [-0.15, -0.1) is 0 Å². The molecule has 1 N–H and O–H groups in total. The van der Waals surface area contributed by atoms with Crippen molar-refractivity contribution in [3.05, 3.63) is 65.9 Å². The summed E-state index contributed by atoms with van der Waals surface area (Å²) in [5.41, 5.74) is 3.60.